The lowest BCUT2D eigenvalue weighted by atomic mass is 9.45. The molecule has 0 radical (unpaired) electrons. The molecule has 358 valence electrons. The standard InChI is InChI=1S/C43H55N4O16P3/c1-22(2)10-9-15-41(8)16-14-26-34(58-41)25(12-11-23(3)4)35-31(36(26)60-65(54,55)63-66(56,57)62-64(51,52)53)33-32-30(28(21-44)38(45)47-33)27-20-29-40(6,7)61-42(37(27)49,43(29,32)59-35)17-13-24(5)39(50)46-18-19-48/h10-11,13-14,16,27,29-30,47-48H,9,12,15,17-20,45H2,1-8H3,(H,46,50)(H,54,55)(H,56,57)(H2,51,52,53)/b24-13-. The van der Waals surface area contributed by atoms with Crippen molar-refractivity contribution in [2.24, 2.45) is 23.5 Å². The lowest BCUT2D eigenvalue weighted by Crippen LogP contribution is -2.75. The zero-order chi connectivity index (χ0) is 48.7. The van der Waals surface area contributed by atoms with E-state index in [2.05, 4.69) is 25.3 Å². The van der Waals surface area contributed by atoms with E-state index in [1.807, 2.05) is 60.6 Å². The molecule has 8 rings (SSSR count). The highest BCUT2D eigenvalue weighted by atomic mass is 31.3. The molecule has 8 atom stereocenters. The van der Waals surface area contributed by atoms with Crippen molar-refractivity contribution in [1.82, 2.24) is 10.6 Å². The summed E-state index contributed by atoms with van der Waals surface area (Å²) in [4.78, 5) is 68.7. The Kier molecular flexibility index (Phi) is 12.8. The number of ether oxygens (including phenoxy) is 3. The molecule has 1 spiro atoms. The molecule has 8 unspecified atom stereocenters. The Morgan fingerprint density at radius 3 is 2.32 bits per heavy atom. The number of hydrogen-bond acceptors (Lipinski definition) is 15. The number of dihydropyridines is 1. The van der Waals surface area contributed by atoms with Gasteiger partial charge in [-0.25, -0.2) is 13.7 Å². The Morgan fingerprint density at radius 2 is 1.70 bits per heavy atom. The van der Waals surface area contributed by atoms with Crippen LogP contribution in [0.5, 0.6) is 17.2 Å². The molecule has 4 aliphatic heterocycles. The van der Waals surface area contributed by atoms with Crippen LogP contribution in [-0.4, -0.2) is 71.9 Å². The number of rotatable bonds is 16. The van der Waals surface area contributed by atoms with Crippen molar-refractivity contribution in [2.75, 3.05) is 13.2 Å². The molecule has 3 saturated carbocycles. The van der Waals surface area contributed by atoms with Gasteiger partial charge in [0.2, 0.25) is 5.91 Å². The predicted octanol–water partition coefficient (Wildman–Crippen LogP) is 5.78. The molecule has 1 saturated heterocycles. The Hall–Kier alpha value is -4.34. The van der Waals surface area contributed by atoms with E-state index in [1.165, 1.54) is 0 Å². The maximum Gasteiger partial charge on any atom is 0.536 e. The third kappa shape index (κ3) is 8.47. The normalized spacial score (nSPS) is 29.4. The van der Waals surface area contributed by atoms with Crippen molar-refractivity contribution >= 4 is 46.9 Å². The molecule has 0 aromatic heterocycles. The number of aliphatic hydroxyl groups excluding tert-OH is 1. The van der Waals surface area contributed by atoms with Gasteiger partial charge in [-0.05, 0) is 93.2 Å². The molecular formula is C43H55N4O16P3. The van der Waals surface area contributed by atoms with Gasteiger partial charge in [0.25, 0.3) is 0 Å². The first-order valence-electron chi connectivity index (χ1n) is 21.2. The van der Waals surface area contributed by atoms with Crippen molar-refractivity contribution in [1.29, 1.82) is 5.26 Å². The molecular weight excluding hydrogens is 921 g/mol. The van der Waals surface area contributed by atoms with Crippen LogP contribution in [0, 0.1) is 29.1 Å². The molecule has 1 amide bonds. The number of nitrogens with two attached hydrogens (primary N) is 1. The second-order valence-electron chi connectivity index (χ2n) is 18.5. The highest BCUT2D eigenvalue weighted by Crippen LogP contribution is 2.74. The summed E-state index contributed by atoms with van der Waals surface area (Å²) in [5.74, 6) is -4.17. The summed E-state index contributed by atoms with van der Waals surface area (Å²) in [6, 6.07) is 2.17. The smallest absolute Gasteiger partial charge is 0.482 e. The topological polar surface area (TPSA) is 316 Å². The number of carbonyl (C=O) groups is 2. The SMILES string of the molecule is CC(C)=CCCC1(C)C=Cc2c(c(CC=C(C)C)c3c(c2OP(=O)(O)OP(=O)(O)OP(=O)(O)O)C2=C4C(C(C#N)=C(N)N2)C2CC5C(C)(C)OC(C/C=C(/C)C(=O)NCCO)(C2=O)C45O3)O1. The van der Waals surface area contributed by atoms with Gasteiger partial charge in [0.1, 0.15) is 22.9 Å². The molecule has 3 aliphatic carbocycles. The fraction of sp³-hybridized carbons (Fsp3) is 0.512. The summed E-state index contributed by atoms with van der Waals surface area (Å²) in [6.07, 6.45) is 9.85. The number of phosphoric acid groups is 3. The number of Topliss-reactive ketones (excluding diaryl/α,β-unsaturated/α-hetero) is 1. The Labute approximate surface area is 381 Å². The minimum atomic E-state index is -6.03. The second kappa shape index (κ2) is 17.0. The average Bonchev–Trinajstić information content (AvgIpc) is 3.32. The molecule has 23 heteroatoms. The number of hydrogen-bond donors (Lipinski definition) is 8. The molecule has 1 aromatic carbocycles. The van der Waals surface area contributed by atoms with E-state index in [0.717, 1.165) is 11.1 Å². The van der Waals surface area contributed by atoms with Crippen LogP contribution in [-0.2, 0) is 43.1 Å². The van der Waals surface area contributed by atoms with Crippen molar-refractivity contribution in [3.8, 4) is 23.3 Å². The van der Waals surface area contributed by atoms with E-state index in [0.29, 0.717) is 24.0 Å². The summed E-state index contributed by atoms with van der Waals surface area (Å²) in [5, 5.41) is 25.8. The first kappa shape index (κ1) is 49.6. The number of fused-ring (bicyclic) bond motifs is 3. The van der Waals surface area contributed by atoms with Gasteiger partial charge in [0.15, 0.2) is 22.7 Å². The number of nitriles is 1. The number of nitrogens with one attached hydrogen (secondary N) is 2. The lowest BCUT2D eigenvalue weighted by Gasteiger charge is -2.62. The number of nitrogens with zero attached hydrogens (tertiary/aromatic N) is 1. The fourth-order valence-electron chi connectivity index (χ4n) is 10.3. The molecule has 66 heavy (non-hydrogen) atoms. The largest absolute Gasteiger partial charge is 0.536 e. The molecule has 4 bridgehead atoms. The van der Waals surface area contributed by atoms with Crippen LogP contribution in [0.3, 0.4) is 0 Å². The van der Waals surface area contributed by atoms with E-state index in [1.54, 1.807) is 25.2 Å². The number of amides is 1. The molecule has 9 N–H and O–H groups in total. The Bertz CT molecular complexity index is 2680. The summed E-state index contributed by atoms with van der Waals surface area (Å²) >= 11 is 0. The predicted molar refractivity (Wildman–Crippen MR) is 238 cm³/mol. The minimum Gasteiger partial charge on any atom is -0.482 e. The van der Waals surface area contributed by atoms with E-state index >= 15 is 4.79 Å². The van der Waals surface area contributed by atoms with Crippen molar-refractivity contribution in [3.63, 3.8) is 0 Å². The van der Waals surface area contributed by atoms with Gasteiger partial charge in [-0.2, -0.15) is 13.9 Å². The Balaban J connectivity index is 1.57. The second-order valence-corrected chi connectivity index (χ2v) is 22.9. The van der Waals surface area contributed by atoms with E-state index in [-0.39, 0.29) is 77.7 Å². The summed E-state index contributed by atoms with van der Waals surface area (Å²) in [5.41, 5.74) is 3.74. The van der Waals surface area contributed by atoms with Gasteiger partial charge in [0, 0.05) is 47.4 Å². The summed E-state index contributed by atoms with van der Waals surface area (Å²) in [6.45, 7) is 14.3. The zero-order valence-electron chi connectivity index (χ0n) is 37.7. The maximum atomic E-state index is 15.4. The molecule has 7 aliphatic rings. The number of allylic oxidation sites excluding steroid dienone is 5. The molecule has 4 fully saturated rings. The van der Waals surface area contributed by atoms with Crippen LogP contribution >= 0.6 is 23.5 Å². The van der Waals surface area contributed by atoms with E-state index in [4.69, 9.17) is 24.5 Å². The molecule has 20 nitrogen and oxygen atoms in total. The number of aliphatic hydroxyl groups is 1. The highest BCUT2D eigenvalue weighted by Gasteiger charge is 2.84. The van der Waals surface area contributed by atoms with Gasteiger partial charge in [-0.3, -0.25) is 14.5 Å². The van der Waals surface area contributed by atoms with Crippen LogP contribution in [0.25, 0.3) is 11.8 Å². The van der Waals surface area contributed by atoms with Gasteiger partial charge < -0.3 is 54.9 Å². The van der Waals surface area contributed by atoms with Gasteiger partial charge in [-0.15, -0.1) is 0 Å². The Morgan fingerprint density at radius 1 is 1.02 bits per heavy atom. The van der Waals surface area contributed by atoms with E-state index < -0.39 is 81.1 Å². The fourth-order valence-corrected chi connectivity index (χ4v) is 13.4. The molecule has 1 aromatic rings. The van der Waals surface area contributed by atoms with Crippen molar-refractivity contribution in [2.45, 2.75) is 110 Å². The molecule has 4 heterocycles. The third-order valence-electron chi connectivity index (χ3n) is 12.9. The van der Waals surface area contributed by atoms with Gasteiger partial charge in [0.05, 0.1) is 40.7 Å². The average molecular weight is 977 g/mol. The summed E-state index contributed by atoms with van der Waals surface area (Å²) < 4.78 is 73.8. The van der Waals surface area contributed by atoms with Crippen molar-refractivity contribution in [3.05, 3.63) is 74.7 Å². The first-order valence-corrected chi connectivity index (χ1v) is 25.7. The summed E-state index contributed by atoms with van der Waals surface area (Å²) in [7, 11) is -17.8. The van der Waals surface area contributed by atoms with Crippen LogP contribution in [0.15, 0.2) is 58.0 Å². The van der Waals surface area contributed by atoms with Gasteiger partial charge >= 0.3 is 23.5 Å². The monoisotopic (exact) mass is 976 g/mol. The quantitative estimate of drug-likeness (QED) is 0.0553. The van der Waals surface area contributed by atoms with Crippen LogP contribution in [0.2, 0.25) is 0 Å². The lowest BCUT2D eigenvalue weighted by molar-refractivity contribution is -0.181. The first-order chi connectivity index (χ1) is 30.6. The van der Waals surface area contributed by atoms with Crippen LogP contribution in [0.4, 0.5) is 0 Å². The number of phosphoric ester groups is 1. The number of ketones is 1. The maximum absolute atomic E-state index is 15.4. The van der Waals surface area contributed by atoms with Crippen LogP contribution < -0.4 is 30.4 Å². The van der Waals surface area contributed by atoms with Gasteiger partial charge in [-0.1, -0.05) is 29.4 Å². The number of carbonyl (C=O) groups excluding carboxylic acids is 2. The minimum absolute atomic E-state index is 0.0120. The number of benzene rings is 1. The van der Waals surface area contributed by atoms with E-state index in [9.17, 15) is 48.4 Å². The van der Waals surface area contributed by atoms with Crippen LogP contribution in [0.1, 0.15) is 97.8 Å². The third-order valence-corrected chi connectivity index (χ3v) is 16.6. The van der Waals surface area contributed by atoms with Crippen molar-refractivity contribution < 1.29 is 75.3 Å². The zero-order valence-corrected chi connectivity index (χ0v) is 40.3. The highest BCUT2D eigenvalue weighted by molar-refractivity contribution is 7.66.